The van der Waals surface area contributed by atoms with E-state index in [1.807, 2.05) is 6.07 Å². The van der Waals surface area contributed by atoms with Crippen LogP contribution in [0.1, 0.15) is 21.5 Å². The molecule has 4 heteroatoms. The molecule has 2 aromatic carbocycles. The number of amides is 1. The highest BCUT2D eigenvalue weighted by Crippen LogP contribution is 2.34. The van der Waals surface area contributed by atoms with Gasteiger partial charge in [0.05, 0.1) is 5.56 Å². The van der Waals surface area contributed by atoms with Gasteiger partial charge in [0.15, 0.2) is 0 Å². The lowest BCUT2D eigenvalue weighted by Crippen LogP contribution is -2.18. The molecule has 0 fully saturated rings. The second kappa shape index (κ2) is 6.01. The van der Waals surface area contributed by atoms with Crippen LogP contribution in [0.2, 0.25) is 0 Å². The molecule has 0 saturated carbocycles. The minimum atomic E-state index is -0.0993. The van der Waals surface area contributed by atoms with E-state index in [0.29, 0.717) is 11.3 Å². The van der Waals surface area contributed by atoms with Gasteiger partial charge in [0.1, 0.15) is 0 Å². The molecule has 0 heterocycles. The van der Waals surface area contributed by atoms with E-state index in [1.165, 1.54) is 11.1 Å². The molecule has 1 amide bonds. The highest BCUT2D eigenvalue weighted by molar-refractivity contribution is 7.99. The van der Waals surface area contributed by atoms with Crippen molar-refractivity contribution in [1.82, 2.24) is 5.32 Å². The Hall–Kier alpha value is -1.94. The van der Waals surface area contributed by atoms with Crippen LogP contribution in [0.4, 0.5) is 5.69 Å². The second-order valence-corrected chi connectivity index (χ2v) is 5.79. The molecule has 3 N–H and O–H groups in total. The molecule has 0 saturated heterocycles. The van der Waals surface area contributed by atoms with E-state index in [0.717, 1.165) is 9.79 Å². The zero-order valence-electron chi connectivity index (χ0n) is 11.9. The third kappa shape index (κ3) is 3.14. The highest BCUT2D eigenvalue weighted by atomic mass is 32.2. The molecule has 2 aromatic rings. The standard InChI is InChI=1S/C16H18N2OS/c1-10-4-5-11(2)14(8-10)20-15-9-12(17)6-7-13(15)16(19)18-3/h4-9H,17H2,1-3H3,(H,18,19). The van der Waals surface area contributed by atoms with E-state index in [2.05, 4.69) is 37.4 Å². The molecule has 0 aliphatic heterocycles. The maximum absolute atomic E-state index is 11.9. The van der Waals surface area contributed by atoms with Crippen LogP contribution in [0.25, 0.3) is 0 Å². The summed E-state index contributed by atoms with van der Waals surface area (Å²) in [6.07, 6.45) is 0. The molecule has 2 rings (SSSR count). The van der Waals surface area contributed by atoms with Crippen molar-refractivity contribution in [2.45, 2.75) is 23.6 Å². The highest BCUT2D eigenvalue weighted by Gasteiger charge is 2.12. The minimum absolute atomic E-state index is 0.0993. The SMILES string of the molecule is CNC(=O)c1ccc(N)cc1Sc1cc(C)ccc1C. The van der Waals surface area contributed by atoms with Crippen LogP contribution in [0.5, 0.6) is 0 Å². The van der Waals surface area contributed by atoms with Gasteiger partial charge in [-0.05, 0) is 49.2 Å². The van der Waals surface area contributed by atoms with Gasteiger partial charge in [-0.25, -0.2) is 0 Å². The van der Waals surface area contributed by atoms with Crippen molar-refractivity contribution in [2.24, 2.45) is 0 Å². The lowest BCUT2D eigenvalue weighted by Gasteiger charge is -2.11. The van der Waals surface area contributed by atoms with Crippen molar-refractivity contribution in [3.05, 3.63) is 53.1 Å². The summed E-state index contributed by atoms with van der Waals surface area (Å²) in [4.78, 5) is 13.9. The summed E-state index contributed by atoms with van der Waals surface area (Å²) in [5, 5.41) is 2.66. The van der Waals surface area contributed by atoms with Gasteiger partial charge in [-0.3, -0.25) is 4.79 Å². The summed E-state index contributed by atoms with van der Waals surface area (Å²) < 4.78 is 0. The zero-order valence-corrected chi connectivity index (χ0v) is 12.7. The van der Waals surface area contributed by atoms with Crippen molar-refractivity contribution in [3.8, 4) is 0 Å². The van der Waals surface area contributed by atoms with Crippen LogP contribution < -0.4 is 11.1 Å². The normalized spacial score (nSPS) is 10.3. The zero-order chi connectivity index (χ0) is 14.7. The number of rotatable bonds is 3. The second-order valence-electron chi connectivity index (χ2n) is 4.71. The summed E-state index contributed by atoms with van der Waals surface area (Å²) in [6, 6.07) is 11.6. The number of carbonyl (C=O) groups is 1. The van der Waals surface area contributed by atoms with Gasteiger partial charge in [0.2, 0.25) is 0 Å². The van der Waals surface area contributed by atoms with Gasteiger partial charge in [-0.15, -0.1) is 0 Å². The number of hydrogen-bond donors (Lipinski definition) is 2. The number of anilines is 1. The lowest BCUT2D eigenvalue weighted by atomic mass is 10.2. The Morgan fingerprint density at radius 2 is 1.85 bits per heavy atom. The Kier molecular flexibility index (Phi) is 4.35. The summed E-state index contributed by atoms with van der Waals surface area (Å²) in [5.41, 5.74) is 9.53. The van der Waals surface area contributed by atoms with E-state index >= 15 is 0 Å². The van der Waals surface area contributed by atoms with E-state index < -0.39 is 0 Å². The predicted octanol–water partition coefficient (Wildman–Crippen LogP) is 3.40. The number of benzene rings is 2. The molecule has 0 aliphatic rings. The lowest BCUT2D eigenvalue weighted by molar-refractivity contribution is 0.0960. The summed E-state index contributed by atoms with van der Waals surface area (Å²) in [7, 11) is 1.63. The molecule has 0 aromatic heterocycles. The Morgan fingerprint density at radius 1 is 1.10 bits per heavy atom. The molecular weight excluding hydrogens is 268 g/mol. The number of carbonyl (C=O) groups excluding carboxylic acids is 1. The first-order valence-electron chi connectivity index (χ1n) is 6.38. The summed E-state index contributed by atoms with van der Waals surface area (Å²) >= 11 is 1.57. The van der Waals surface area contributed by atoms with Crippen LogP contribution in [-0.4, -0.2) is 13.0 Å². The number of nitrogens with one attached hydrogen (secondary N) is 1. The summed E-state index contributed by atoms with van der Waals surface area (Å²) in [6.45, 7) is 4.12. The van der Waals surface area contributed by atoms with E-state index in [1.54, 1.807) is 30.9 Å². The van der Waals surface area contributed by atoms with Crippen LogP contribution in [-0.2, 0) is 0 Å². The molecule has 0 aliphatic carbocycles. The third-order valence-electron chi connectivity index (χ3n) is 3.04. The Balaban J connectivity index is 2.44. The Bertz CT molecular complexity index is 653. The average molecular weight is 286 g/mol. The average Bonchev–Trinajstić information content (AvgIpc) is 2.42. The molecule has 0 atom stereocenters. The fourth-order valence-electron chi connectivity index (χ4n) is 1.88. The first-order valence-corrected chi connectivity index (χ1v) is 7.19. The molecule has 0 spiro atoms. The van der Waals surface area contributed by atoms with Crippen LogP contribution >= 0.6 is 11.8 Å². The maximum atomic E-state index is 11.9. The molecule has 0 unspecified atom stereocenters. The van der Waals surface area contributed by atoms with Crippen LogP contribution in [0.15, 0.2) is 46.2 Å². The predicted molar refractivity (Wildman–Crippen MR) is 84.3 cm³/mol. The smallest absolute Gasteiger partial charge is 0.252 e. The Morgan fingerprint density at radius 3 is 2.55 bits per heavy atom. The quantitative estimate of drug-likeness (QED) is 0.850. The van der Waals surface area contributed by atoms with E-state index in [9.17, 15) is 4.79 Å². The monoisotopic (exact) mass is 286 g/mol. The minimum Gasteiger partial charge on any atom is -0.399 e. The molecule has 3 nitrogen and oxygen atoms in total. The van der Waals surface area contributed by atoms with Crippen molar-refractivity contribution in [1.29, 1.82) is 0 Å². The molecule has 0 bridgehead atoms. The van der Waals surface area contributed by atoms with Crippen molar-refractivity contribution >= 4 is 23.4 Å². The maximum Gasteiger partial charge on any atom is 0.252 e. The first kappa shape index (κ1) is 14.5. The molecular formula is C16H18N2OS. The van der Waals surface area contributed by atoms with Gasteiger partial charge in [0.25, 0.3) is 5.91 Å². The van der Waals surface area contributed by atoms with E-state index in [4.69, 9.17) is 5.73 Å². The van der Waals surface area contributed by atoms with E-state index in [-0.39, 0.29) is 5.91 Å². The Labute approximate surface area is 123 Å². The third-order valence-corrected chi connectivity index (χ3v) is 4.26. The van der Waals surface area contributed by atoms with Gasteiger partial charge >= 0.3 is 0 Å². The van der Waals surface area contributed by atoms with Gasteiger partial charge in [-0.2, -0.15) is 0 Å². The fourth-order valence-corrected chi connectivity index (χ4v) is 3.06. The molecule has 20 heavy (non-hydrogen) atoms. The topological polar surface area (TPSA) is 55.1 Å². The van der Waals surface area contributed by atoms with Crippen molar-refractivity contribution in [2.75, 3.05) is 12.8 Å². The number of nitrogen functional groups attached to an aromatic ring is 1. The largest absolute Gasteiger partial charge is 0.399 e. The summed E-state index contributed by atoms with van der Waals surface area (Å²) in [5.74, 6) is -0.0993. The van der Waals surface area contributed by atoms with Crippen molar-refractivity contribution in [3.63, 3.8) is 0 Å². The molecule has 0 radical (unpaired) electrons. The van der Waals surface area contributed by atoms with Crippen LogP contribution in [0, 0.1) is 13.8 Å². The van der Waals surface area contributed by atoms with Crippen molar-refractivity contribution < 1.29 is 4.79 Å². The van der Waals surface area contributed by atoms with Gasteiger partial charge in [-0.1, -0.05) is 23.9 Å². The molecule has 104 valence electrons. The number of aryl methyl sites for hydroxylation is 2. The van der Waals surface area contributed by atoms with Gasteiger partial charge < -0.3 is 11.1 Å². The van der Waals surface area contributed by atoms with Crippen LogP contribution in [0.3, 0.4) is 0 Å². The first-order chi connectivity index (χ1) is 9.51. The fraction of sp³-hybridized carbons (Fsp3) is 0.188. The number of nitrogens with two attached hydrogens (primary N) is 1. The number of hydrogen-bond acceptors (Lipinski definition) is 3. The van der Waals surface area contributed by atoms with Gasteiger partial charge in [0, 0.05) is 22.5 Å².